The number of amides is 1. The van der Waals surface area contributed by atoms with E-state index in [0.717, 1.165) is 38.8 Å². The van der Waals surface area contributed by atoms with Crippen molar-refractivity contribution in [1.29, 1.82) is 0 Å². The Balaban J connectivity index is 1.54. The molecular weight excluding hydrogens is 448 g/mol. The summed E-state index contributed by atoms with van der Waals surface area (Å²) in [7, 11) is 3.26. The topological polar surface area (TPSA) is 80.7 Å². The van der Waals surface area contributed by atoms with Gasteiger partial charge in [0.2, 0.25) is 5.91 Å². The van der Waals surface area contributed by atoms with Crippen LogP contribution in [-0.2, 0) is 4.79 Å². The maximum Gasteiger partial charge on any atom is 0.226 e. The predicted octanol–water partition coefficient (Wildman–Crippen LogP) is 5.95. The van der Waals surface area contributed by atoms with Crippen molar-refractivity contribution >= 4 is 22.4 Å². The van der Waals surface area contributed by atoms with E-state index in [1.165, 1.54) is 11.3 Å². The molecule has 7 heteroatoms. The molecule has 1 aromatic heterocycles. The maximum absolute atomic E-state index is 12.6. The summed E-state index contributed by atoms with van der Waals surface area (Å²) in [6.07, 6.45) is -0.170. The largest absolute Gasteiger partial charge is 0.497 e. The summed E-state index contributed by atoms with van der Waals surface area (Å²) in [5.74, 6) is 1.34. The van der Waals surface area contributed by atoms with E-state index in [1.54, 1.807) is 14.2 Å². The van der Waals surface area contributed by atoms with Gasteiger partial charge in [0, 0.05) is 12.0 Å². The average Bonchev–Trinajstić information content (AvgIpc) is 3.31. The standard InChI is InChI=1S/C27H26N2O4S/c1-32-21-12-8-19(9-13-21)25-26(20-10-14-22(33-2)15-11-20)34-27(29-25)28-24(31)17-16-23(30)18-6-4-3-5-7-18/h3-15,23,30H,16-17H2,1-2H3,(H,28,29,31)/t23-/m1/s1. The van der Waals surface area contributed by atoms with Gasteiger partial charge in [-0.15, -0.1) is 0 Å². The van der Waals surface area contributed by atoms with Crippen LogP contribution >= 0.6 is 11.3 Å². The second-order valence-corrected chi connectivity index (χ2v) is 8.67. The van der Waals surface area contributed by atoms with Crippen molar-refractivity contribution in [3.63, 3.8) is 0 Å². The van der Waals surface area contributed by atoms with Gasteiger partial charge < -0.3 is 19.9 Å². The molecule has 174 valence electrons. The number of hydrogen-bond acceptors (Lipinski definition) is 6. The number of rotatable bonds is 9. The lowest BCUT2D eigenvalue weighted by molar-refractivity contribution is -0.116. The summed E-state index contributed by atoms with van der Waals surface area (Å²) in [6, 6.07) is 24.8. The van der Waals surface area contributed by atoms with Crippen LogP contribution in [0.1, 0.15) is 24.5 Å². The minimum Gasteiger partial charge on any atom is -0.497 e. The van der Waals surface area contributed by atoms with Gasteiger partial charge in [0.15, 0.2) is 5.13 Å². The number of benzene rings is 3. The molecular formula is C27H26N2O4S. The first kappa shape index (κ1) is 23.5. The molecule has 3 aromatic carbocycles. The van der Waals surface area contributed by atoms with E-state index in [0.29, 0.717) is 11.6 Å². The molecule has 0 aliphatic heterocycles. The van der Waals surface area contributed by atoms with Crippen LogP contribution in [0.5, 0.6) is 11.5 Å². The highest BCUT2D eigenvalue weighted by atomic mass is 32.1. The molecule has 6 nitrogen and oxygen atoms in total. The zero-order valence-electron chi connectivity index (χ0n) is 19.0. The highest BCUT2D eigenvalue weighted by Gasteiger charge is 2.18. The minimum atomic E-state index is -0.687. The van der Waals surface area contributed by atoms with Crippen LogP contribution in [0.2, 0.25) is 0 Å². The number of anilines is 1. The molecule has 0 spiro atoms. The smallest absolute Gasteiger partial charge is 0.226 e. The van der Waals surface area contributed by atoms with E-state index in [4.69, 9.17) is 14.5 Å². The molecule has 4 rings (SSSR count). The number of carbonyl (C=O) groups is 1. The van der Waals surface area contributed by atoms with E-state index in [2.05, 4.69) is 5.32 Å². The number of aliphatic hydroxyl groups excluding tert-OH is 1. The van der Waals surface area contributed by atoms with E-state index in [1.807, 2.05) is 78.9 Å². The average molecular weight is 475 g/mol. The van der Waals surface area contributed by atoms with Crippen LogP contribution in [0.25, 0.3) is 21.7 Å². The zero-order chi connectivity index (χ0) is 23.9. The Morgan fingerprint density at radius 2 is 1.50 bits per heavy atom. The molecule has 0 bridgehead atoms. The molecule has 34 heavy (non-hydrogen) atoms. The first-order chi connectivity index (χ1) is 16.6. The van der Waals surface area contributed by atoms with E-state index in [9.17, 15) is 9.90 Å². The summed E-state index contributed by atoms with van der Waals surface area (Å²) >= 11 is 1.41. The van der Waals surface area contributed by atoms with Gasteiger partial charge in [-0.1, -0.05) is 41.7 Å². The summed E-state index contributed by atoms with van der Waals surface area (Å²) in [4.78, 5) is 18.3. The lowest BCUT2D eigenvalue weighted by Crippen LogP contribution is -2.12. The lowest BCUT2D eigenvalue weighted by Gasteiger charge is -2.10. The second kappa shape index (κ2) is 11.0. The van der Waals surface area contributed by atoms with Gasteiger partial charge in [0.1, 0.15) is 11.5 Å². The first-order valence-electron chi connectivity index (χ1n) is 10.9. The van der Waals surface area contributed by atoms with Crippen molar-refractivity contribution in [1.82, 2.24) is 4.98 Å². The van der Waals surface area contributed by atoms with E-state index >= 15 is 0 Å². The zero-order valence-corrected chi connectivity index (χ0v) is 19.8. The number of methoxy groups -OCH3 is 2. The van der Waals surface area contributed by atoms with Crippen molar-refractivity contribution in [2.75, 3.05) is 19.5 Å². The van der Waals surface area contributed by atoms with Crippen molar-refractivity contribution in [2.24, 2.45) is 0 Å². The van der Waals surface area contributed by atoms with Gasteiger partial charge >= 0.3 is 0 Å². The fraction of sp³-hybridized carbons (Fsp3) is 0.185. The van der Waals surface area contributed by atoms with Crippen molar-refractivity contribution < 1.29 is 19.4 Å². The Morgan fingerprint density at radius 3 is 2.09 bits per heavy atom. The Bertz CT molecular complexity index is 1160. The highest BCUT2D eigenvalue weighted by Crippen LogP contribution is 2.40. The third-order valence-corrected chi connectivity index (χ3v) is 6.44. The summed E-state index contributed by atoms with van der Waals surface area (Å²) in [6.45, 7) is 0. The monoisotopic (exact) mass is 474 g/mol. The van der Waals surface area contributed by atoms with Crippen LogP contribution in [-0.4, -0.2) is 30.2 Å². The molecule has 1 amide bonds. The molecule has 0 radical (unpaired) electrons. The number of aromatic nitrogens is 1. The predicted molar refractivity (Wildman–Crippen MR) is 135 cm³/mol. The Labute approximate surface area is 202 Å². The molecule has 0 saturated heterocycles. The summed E-state index contributed by atoms with van der Waals surface area (Å²) in [5.41, 5.74) is 3.47. The van der Waals surface area contributed by atoms with Gasteiger partial charge in [-0.25, -0.2) is 4.98 Å². The molecule has 0 aliphatic rings. The fourth-order valence-electron chi connectivity index (χ4n) is 3.55. The van der Waals surface area contributed by atoms with Crippen molar-refractivity contribution in [3.05, 3.63) is 84.4 Å². The Hall–Kier alpha value is -3.68. The molecule has 1 atom stereocenters. The highest BCUT2D eigenvalue weighted by molar-refractivity contribution is 7.19. The summed E-state index contributed by atoms with van der Waals surface area (Å²) < 4.78 is 10.6. The number of ether oxygens (including phenoxy) is 2. The van der Waals surface area contributed by atoms with Crippen LogP contribution in [0.15, 0.2) is 78.9 Å². The number of nitrogens with one attached hydrogen (secondary N) is 1. The normalized spacial score (nSPS) is 11.6. The number of hydrogen-bond donors (Lipinski definition) is 2. The van der Waals surface area contributed by atoms with Gasteiger partial charge in [0.25, 0.3) is 0 Å². The quantitative estimate of drug-likeness (QED) is 0.313. The number of carbonyl (C=O) groups excluding carboxylic acids is 1. The fourth-order valence-corrected chi connectivity index (χ4v) is 4.56. The minimum absolute atomic E-state index is 0.186. The molecule has 0 aliphatic carbocycles. The molecule has 0 fully saturated rings. The Morgan fingerprint density at radius 1 is 0.912 bits per heavy atom. The van der Waals surface area contributed by atoms with Crippen LogP contribution < -0.4 is 14.8 Å². The Kier molecular flexibility index (Phi) is 7.57. The lowest BCUT2D eigenvalue weighted by atomic mass is 10.1. The number of thiazole rings is 1. The van der Waals surface area contributed by atoms with E-state index in [-0.39, 0.29) is 12.3 Å². The van der Waals surface area contributed by atoms with Gasteiger partial charge in [-0.2, -0.15) is 0 Å². The van der Waals surface area contributed by atoms with Crippen molar-refractivity contribution in [2.45, 2.75) is 18.9 Å². The van der Waals surface area contributed by atoms with Crippen molar-refractivity contribution in [3.8, 4) is 33.2 Å². The SMILES string of the molecule is COc1ccc(-c2nc(NC(=O)CC[C@@H](O)c3ccccc3)sc2-c2ccc(OC)cc2)cc1. The van der Waals surface area contributed by atoms with Crippen LogP contribution in [0.4, 0.5) is 5.13 Å². The second-order valence-electron chi connectivity index (χ2n) is 7.67. The van der Waals surface area contributed by atoms with Gasteiger partial charge in [-0.05, 0) is 66.1 Å². The van der Waals surface area contributed by atoms with Crippen LogP contribution in [0.3, 0.4) is 0 Å². The molecule has 0 unspecified atom stereocenters. The third kappa shape index (κ3) is 5.62. The summed E-state index contributed by atoms with van der Waals surface area (Å²) in [5, 5.41) is 13.8. The van der Waals surface area contributed by atoms with Gasteiger partial charge in [-0.3, -0.25) is 4.79 Å². The van der Waals surface area contributed by atoms with Gasteiger partial charge in [0.05, 0.1) is 30.9 Å². The maximum atomic E-state index is 12.6. The molecule has 0 saturated carbocycles. The number of aliphatic hydroxyl groups is 1. The third-order valence-electron chi connectivity index (χ3n) is 5.42. The molecule has 1 heterocycles. The first-order valence-corrected chi connectivity index (χ1v) is 11.7. The van der Waals surface area contributed by atoms with E-state index < -0.39 is 6.10 Å². The number of nitrogens with zero attached hydrogens (tertiary/aromatic N) is 1. The molecule has 4 aromatic rings. The van der Waals surface area contributed by atoms with Crippen LogP contribution in [0, 0.1) is 0 Å². The molecule has 2 N–H and O–H groups in total.